The van der Waals surface area contributed by atoms with Gasteiger partial charge in [-0.2, -0.15) is 0 Å². The van der Waals surface area contributed by atoms with E-state index in [-0.39, 0.29) is 5.97 Å². The van der Waals surface area contributed by atoms with Gasteiger partial charge in [0.15, 0.2) is 0 Å². The Morgan fingerprint density at radius 2 is 1.83 bits per heavy atom. The van der Waals surface area contributed by atoms with Crippen LogP contribution in [0.5, 0.6) is 0 Å². The van der Waals surface area contributed by atoms with Crippen molar-refractivity contribution in [2.24, 2.45) is 4.99 Å². The number of rotatable bonds is 5. The molecule has 0 aliphatic carbocycles. The minimum Gasteiger partial charge on any atom is -0.465 e. The quantitative estimate of drug-likeness (QED) is 0.336. The summed E-state index contributed by atoms with van der Waals surface area (Å²) in [5.74, 6) is -0.324. The first kappa shape index (κ1) is 18.7. The Hall–Kier alpha value is -3.66. The Morgan fingerprint density at radius 1 is 1.03 bits per heavy atom. The molecule has 0 spiro atoms. The number of fused-ring (bicyclic) bond motifs is 1. The first-order valence-corrected chi connectivity index (χ1v) is 9.50. The van der Waals surface area contributed by atoms with Gasteiger partial charge in [0.2, 0.25) is 0 Å². The van der Waals surface area contributed by atoms with Gasteiger partial charge in [-0.1, -0.05) is 48.5 Å². The van der Waals surface area contributed by atoms with Gasteiger partial charge >= 0.3 is 5.97 Å². The van der Waals surface area contributed by atoms with Crippen LogP contribution >= 0.6 is 0 Å². The third-order valence-electron chi connectivity index (χ3n) is 4.98. The van der Waals surface area contributed by atoms with E-state index in [1.54, 1.807) is 6.07 Å². The Morgan fingerprint density at radius 3 is 2.66 bits per heavy atom. The van der Waals surface area contributed by atoms with Crippen molar-refractivity contribution in [3.05, 3.63) is 101 Å². The molecule has 29 heavy (non-hydrogen) atoms. The molecule has 0 saturated carbocycles. The standard InChI is InChI=1S/C25H22N2O2/c1-18-8-3-5-12-23(18)26-15-21-17-27(24-13-6-4-11-22(21)24)16-19-9-7-10-20(14-19)25(28)29-2/h3-15,17H,16H2,1-2H3. The fourth-order valence-electron chi connectivity index (χ4n) is 3.47. The van der Waals surface area contributed by atoms with Gasteiger partial charge in [-0.3, -0.25) is 4.99 Å². The van der Waals surface area contributed by atoms with Crippen LogP contribution in [0.3, 0.4) is 0 Å². The highest BCUT2D eigenvalue weighted by atomic mass is 16.5. The van der Waals surface area contributed by atoms with Crippen LogP contribution in [0, 0.1) is 6.92 Å². The molecule has 144 valence electrons. The van der Waals surface area contributed by atoms with Crippen molar-refractivity contribution < 1.29 is 9.53 Å². The number of hydrogen-bond donors (Lipinski definition) is 0. The number of aliphatic imine (C=N–C) groups is 1. The molecule has 4 aromatic rings. The smallest absolute Gasteiger partial charge is 0.337 e. The van der Waals surface area contributed by atoms with Gasteiger partial charge in [0.05, 0.1) is 18.4 Å². The summed E-state index contributed by atoms with van der Waals surface area (Å²) in [7, 11) is 1.40. The zero-order valence-electron chi connectivity index (χ0n) is 16.5. The molecular formula is C25H22N2O2. The van der Waals surface area contributed by atoms with Crippen LogP contribution < -0.4 is 0 Å². The minimum absolute atomic E-state index is 0.324. The second kappa shape index (κ2) is 8.15. The topological polar surface area (TPSA) is 43.6 Å². The number of aromatic nitrogens is 1. The zero-order valence-corrected chi connectivity index (χ0v) is 16.5. The average molecular weight is 382 g/mol. The summed E-state index contributed by atoms with van der Waals surface area (Å²) in [5, 5.41) is 1.15. The summed E-state index contributed by atoms with van der Waals surface area (Å²) in [6, 6.07) is 23.9. The minimum atomic E-state index is -0.324. The molecule has 0 bridgehead atoms. The maximum Gasteiger partial charge on any atom is 0.337 e. The van der Waals surface area contributed by atoms with Crippen molar-refractivity contribution in [2.45, 2.75) is 13.5 Å². The lowest BCUT2D eigenvalue weighted by atomic mass is 10.1. The highest BCUT2D eigenvalue weighted by molar-refractivity contribution is 6.00. The number of esters is 1. The van der Waals surface area contributed by atoms with Crippen LogP contribution in [0.15, 0.2) is 84.0 Å². The van der Waals surface area contributed by atoms with E-state index in [0.717, 1.165) is 33.3 Å². The third-order valence-corrected chi connectivity index (χ3v) is 4.98. The lowest BCUT2D eigenvalue weighted by Gasteiger charge is -2.07. The molecule has 0 amide bonds. The molecule has 4 rings (SSSR count). The van der Waals surface area contributed by atoms with E-state index in [1.807, 2.05) is 54.7 Å². The first-order chi connectivity index (χ1) is 14.2. The fourth-order valence-corrected chi connectivity index (χ4v) is 3.47. The molecule has 0 unspecified atom stereocenters. The van der Waals surface area contributed by atoms with Gasteiger partial charge in [-0.05, 0) is 42.3 Å². The van der Waals surface area contributed by atoms with Gasteiger partial charge in [0.1, 0.15) is 0 Å². The molecule has 0 aliphatic heterocycles. The molecule has 0 aliphatic rings. The summed E-state index contributed by atoms with van der Waals surface area (Å²) in [6.45, 7) is 2.72. The van der Waals surface area contributed by atoms with Gasteiger partial charge in [-0.15, -0.1) is 0 Å². The number of aryl methyl sites for hydroxylation is 1. The largest absolute Gasteiger partial charge is 0.465 e. The normalized spacial score (nSPS) is 11.2. The maximum absolute atomic E-state index is 11.8. The number of hydrogen-bond acceptors (Lipinski definition) is 3. The summed E-state index contributed by atoms with van der Waals surface area (Å²) in [4.78, 5) is 16.5. The number of carbonyl (C=O) groups is 1. The number of ether oxygens (including phenoxy) is 1. The predicted molar refractivity (Wildman–Crippen MR) is 117 cm³/mol. The maximum atomic E-state index is 11.8. The van der Waals surface area contributed by atoms with Gasteiger partial charge in [0.25, 0.3) is 0 Å². The molecule has 3 aromatic carbocycles. The van der Waals surface area contributed by atoms with Crippen molar-refractivity contribution >= 4 is 28.8 Å². The second-order valence-electron chi connectivity index (χ2n) is 6.97. The number of methoxy groups -OCH3 is 1. The van der Waals surface area contributed by atoms with E-state index < -0.39 is 0 Å². The Balaban J connectivity index is 1.70. The predicted octanol–water partition coefficient (Wildman–Crippen LogP) is 5.54. The van der Waals surface area contributed by atoms with Crippen LogP contribution in [0.1, 0.15) is 27.0 Å². The fraction of sp³-hybridized carbons (Fsp3) is 0.120. The highest BCUT2D eigenvalue weighted by Gasteiger charge is 2.09. The van der Waals surface area contributed by atoms with Gasteiger partial charge in [-0.25, -0.2) is 4.79 Å². The summed E-state index contributed by atoms with van der Waals surface area (Å²) < 4.78 is 7.02. The van der Waals surface area contributed by atoms with E-state index in [9.17, 15) is 4.79 Å². The van der Waals surface area contributed by atoms with Crippen molar-refractivity contribution in [3.8, 4) is 0 Å². The summed E-state index contributed by atoms with van der Waals surface area (Å²) in [6.07, 6.45) is 4.03. The van der Waals surface area contributed by atoms with Crippen LogP contribution in [0.2, 0.25) is 0 Å². The van der Waals surface area contributed by atoms with Crippen molar-refractivity contribution in [2.75, 3.05) is 7.11 Å². The number of para-hydroxylation sites is 2. The third kappa shape index (κ3) is 3.97. The van der Waals surface area contributed by atoms with Crippen molar-refractivity contribution in [1.29, 1.82) is 0 Å². The van der Waals surface area contributed by atoms with Crippen molar-refractivity contribution in [3.63, 3.8) is 0 Å². The molecule has 0 atom stereocenters. The number of carbonyl (C=O) groups excluding carboxylic acids is 1. The molecule has 0 N–H and O–H groups in total. The number of benzene rings is 3. The molecular weight excluding hydrogens is 360 g/mol. The lowest BCUT2D eigenvalue weighted by Crippen LogP contribution is -2.03. The summed E-state index contributed by atoms with van der Waals surface area (Å²) in [5.41, 5.74) is 5.90. The van der Waals surface area contributed by atoms with E-state index >= 15 is 0 Å². The Labute approximate surface area is 170 Å². The molecule has 0 saturated heterocycles. The molecule has 1 heterocycles. The van der Waals surface area contributed by atoms with Gasteiger partial charge in [0, 0.05) is 35.4 Å². The molecule has 0 radical (unpaired) electrons. The van der Waals surface area contributed by atoms with E-state index in [0.29, 0.717) is 12.1 Å². The van der Waals surface area contributed by atoms with Crippen LogP contribution in [-0.4, -0.2) is 23.9 Å². The van der Waals surface area contributed by atoms with E-state index in [4.69, 9.17) is 9.73 Å². The van der Waals surface area contributed by atoms with E-state index in [1.165, 1.54) is 7.11 Å². The Kier molecular flexibility index (Phi) is 5.25. The van der Waals surface area contributed by atoms with Crippen LogP contribution in [-0.2, 0) is 11.3 Å². The van der Waals surface area contributed by atoms with Crippen molar-refractivity contribution in [1.82, 2.24) is 4.57 Å². The second-order valence-corrected chi connectivity index (χ2v) is 6.97. The van der Waals surface area contributed by atoms with Gasteiger partial charge < -0.3 is 9.30 Å². The number of nitrogens with zero attached hydrogens (tertiary/aromatic N) is 2. The Bertz CT molecular complexity index is 1200. The monoisotopic (exact) mass is 382 g/mol. The SMILES string of the molecule is COC(=O)c1cccc(Cn2cc(C=Nc3ccccc3C)c3ccccc32)c1. The molecule has 1 aromatic heterocycles. The van der Waals surface area contributed by atoms with Crippen LogP contribution in [0.25, 0.3) is 10.9 Å². The highest BCUT2D eigenvalue weighted by Crippen LogP contribution is 2.23. The summed E-state index contributed by atoms with van der Waals surface area (Å²) >= 11 is 0. The molecule has 4 nitrogen and oxygen atoms in total. The molecule has 0 fully saturated rings. The zero-order chi connectivity index (χ0) is 20.2. The lowest BCUT2D eigenvalue weighted by molar-refractivity contribution is 0.0600. The van der Waals surface area contributed by atoms with E-state index in [2.05, 4.69) is 35.9 Å². The molecule has 4 heteroatoms. The first-order valence-electron chi connectivity index (χ1n) is 9.50. The van der Waals surface area contributed by atoms with Crippen LogP contribution in [0.4, 0.5) is 5.69 Å². The average Bonchev–Trinajstić information content (AvgIpc) is 3.10.